The molecule has 4 heteroatoms. The van der Waals surface area contributed by atoms with Gasteiger partial charge in [-0.1, -0.05) is 19.9 Å². The molecule has 1 fully saturated rings. The Hall–Kier alpha value is -1.58. The number of nitrogens with zero attached hydrogens (tertiary/aromatic N) is 2. The second-order valence-corrected chi connectivity index (χ2v) is 5.89. The summed E-state index contributed by atoms with van der Waals surface area (Å²) in [5.41, 5.74) is 0.897. The number of anilines is 1. The van der Waals surface area contributed by atoms with E-state index in [0.29, 0.717) is 11.1 Å². The van der Waals surface area contributed by atoms with Crippen LogP contribution in [0.1, 0.15) is 44.1 Å². The standard InChI is InChI=1S/C15H23N3O/c1-4-16-13-7-5-6-12(17-13)14(19)18-10-8-15(2,3)9-11-18/h5-7H,4,8-11H2,1-3H3,(H,16,17). The van der Waals surface area contributed by atoms with Crippen molar-refractivity contribution in [3.05, 3.63) is 23.9 Å². The Balaban J connectivity index is 2.05. The van der Waals surface area contributed by atoms with E-state index in [-0.39, 0.29) is 5.91 Å². The zero-order valence-electron chi connectivity index (χ0n) is 12.1. The van der Waals surface area contributed by atoms with Crippen molar-refractivity contribution in [3.63, 3.8) is 0 Å². The van der Waals surface area contributed by atoms with Gasteiger partial charge in [0.15, 0.2) is 0 Å². The first kappa shape index (κ1) is 13.8. The average Bonchev–Trinajstić information content (AvgIpc) is 2.39. The van der Waals surface area contributed by atoms with Gasteiger partial charge in [0.25, 0.3) is 5.91 Å². The Morgan fingerprint density at radius 1 is 1.37 bits per heavy atom. The number of pyridine rings is 1. The normalized spacial score (nSPS) is 18.2. The van der Waals surface area contributed by atoms with E-state index in [4.69, 9.17) is 0 Å². The lowest BCUT2D eigenvalue weighted by atomic mass is 9.82. The fourth-order valence-electron chi connectivity index (χ4n) is 2.31. The molecular weight excluding hydrogens is 238 g/mol. The van der Waals surface area contributed by atoms with Gasteiger partial charge in [0, 0.05) is 19.6 Å². The van der Waals surface area contributed by atoms with Crippen LogP contribution in [0.3, 0.4) is 0 Å². The molecule has 1 amide bonds. The molecule has 1 aromatic heterocycles. The molecule has 4 nitrogen and oxygen atoms in total. The summed E-state index contributed by atoms with van der Waals surface area (Å²) in [6, 6.07) is 5.56. The fraction of sp³-hybridized carbons (Fsp3) is 0.600. The maximum absolute atomic E-state index is 12.4. The van der Waals surface area contributed by atoms with Gasteiger partial charge in [-0.15, -0.1) is 0 Å². The first-order chi connectivity index (χ1) is 9.02. The second-order valence-electron chi connectivity index (χ2n) is 5.89. The summed E-state index contributed by atoms with van der Waals surface area (Å²) in [6.07, 6.45) is 2.12. The van der Waals surface area contributed by atoms with E-state index in [1.165, 1.54) is 0 Å². The number of nitrogens with one attached hydrogen (secondary N) is 1. The van der Waals surface area contributed by atoms with Gasteiger partial charge in [-0.2, -0.15) is 0 Å². The molecular formula is C15H23N3O. The SMILES string of the molecule is CCNc1cccc(C(=O)N2CCC(C)(C)CC2)n1. The molecule has 0 unspecified atom stereocenters. The quantitative estimate of drug-likeness (QED) is 0.910. The molecule has 0 aliphatic carbocycles. The maximum atomic E-state index is 12.4. The predicted octanol–water partition coefficient (Wildman–Crippen LogP) is 2.78. The number of hydrogen-bond donors (Lipinski definition) is 1. The van der Waals surface area contributed by atoms with Gasteiger partial charge in [0.1, 0.15) is 11.5 Å². The number of carbonyl (C=O) groups is 1. The molecule has 0 saturated carbocycles. The molecule has 1 saturated heterocycles. The van der Waals surface area contributed by atoms with Crippen molar-refractivity contribution in [2.45, 2.75) is 33.6 Å². The van der Waals surface area contributed by atoms with Crippen molar-refractivity contribution < 1.29 is 4.79 Å². The molecule has 19 heavy (non-hydrogen) atoms. The van der Waals surface area contributed by atoms with Crippen molar-refractivity contribution in [2.24, 2.45) is 5.41 Å². The predicted molar refractivity (Wildman–Crippen MR) is 77.3 cm³/mol. The zero-order valence-corrected chi connectivity index (χ0v) is 12.1. The number of likely N-dealkylation sites (tertiary alicyclic amines) is 1. The minimum Gasteiger partial charge on any atom is -0.370 e. The first-order valence-electron chi connectivity index (χ1n) is 7.02. The maximum Gasteiger partial charge on any atom is 0.272 e. The molecule has 0 radical (unpaired) electrons. The van der Waals surface area contributed by atoms with Crippen LogP contribution in [0.15, 0.2) is 18.2 Å². The number of hydrogen-bond acceptors (Lipinski definition) is 3. The molecule has 0 spiro atoms. The van der Waals surface area contributed by atoms with Gasteiger partial charge in [-0.3, -0.25) is 4.79 Å². The Morgan fingerprint density at radius 2 is 2.05 bits per heavy atom. The molecule has 0 bridgehead atoms. The largest absolute Gasteiger partial charge is 0.370 e. The van der Waals surface area contributed by atoms with Gasteiger partial charge in [-0.25, -0.2) is 4.98 Å². The van der Waals surface area contributed by atoms with Crippen molar-refractivity contribution in [2.75, 3.05) is 25.0 Å². The summed E-state index contributed by atoms with van der Waals surface area (Å²) < 4.78 is 0. The molecule has 2 heterocycles. The Morgan fingerprint density at radius 3 is 2.68 bits per heavy atom. The highest BCUT2D eigenvalue weighted by atomic mass is 16.2. The van der Waals surface area contributed by atoms with E-state index in [9.17, 15) is 4.79 Å². The lowest BCUT2D eigenvalue weighted by Gasteiger charge is -2.36. The zero-order chi connectivity index (χ0) is 13.9. The Bertz CT molecular complexity index is 446. The number of aromatic nitrogens is 1. The lowest BCUT2D eigenvalue weighted by Crippen LogP contribution is -2.41. The first-order valence-corrected chi connectivity index (χ1v) is 7.02. The number of amides is 1. The third-order valence-corrected chi connectivity index (χ3v) is 3.73. The van der Waals surface area contributed by atoms with E-state index in [1.807, 2.05) is 24.0 Å². The summed E-state index contributed by atoms with van der Waals surface area (Å²) in [4.78, 5) is 18.7. The van der Waals surface area contributed by atoms with Gasteiger partial charge < -0.3 is 10.2 Å². The second kappa shape index (κ2) is 5.59. The highest BCUT2D eigenvalue weighted by Gasteiger charge is 2.28. The minimum atomic E-state index is 0.0512. The van der Waals surface area contributed by atoms with Crippen molar-refractivity contribution in [3.8, 4) is 0 Å². The summed E-state index contributed by atoms with van der Waals surface area (Å²) >= 11 is 0. The molecule has 1 aliphatic rings. The van der Waals surface area contributed by atoms with Crippen LogP contribution in [0, 0.1) is 5.41 Å². The molecule has 0 atom stereocenters. The molecule has 1 aromatic rings. The van der Waals surface area contributed by atoms with E-state index >= 15 is 0 Å². The monoisotopic (exact) mass is 261 g/mol. The van der Waals surface area contributed by atoms with Crippen molar-refractivity contribution in [1.29, 1.82) is 0 Å². The number of rotatable bonds is 3. The molecule has 0 aromatic carbocycles. The van der Waals surface area contributed by atoms with Crippen molar-refractivity contribution in [1.82, 2.24) is 9.88 Å². The summed E-state index contributed by atoms with van der Waals surface area (Å²) in [5.74, 6) is 0.820. The number of piperidine rings is 1. The molecule has 1 aliphatic heterocycles. The van der Waals surface area contributed by atoms with E-state index in [0.717, 1.165) is 38.3 Å². The van der Waals surface area contributed by atoms with Crippen LogP contribution in [0.5, 0.6) is 0 Å². The highest BCUT2D eigenvalue weighted by Crippen LogP contribution is 2.30. The van der Waals surface area contributed by atoms with Crippen LogP contribution in [-0.4, -0.2) is 35.4 Å². The third-order valence-electron chi connectivity index (χ3n) is 3.73. The molecule has 2 rings (SSSR count). The van der Waals surface area contributed by atoms with Crippen LogP contribution in [0.4, 0.5) is 5.82 Å². The van der Waals surface area contributed by atoms with Crippen LogP contribution in [0.25, 0.3) is 0 Å². The van der Waals surface area contributed by atoms with Crippen LogP contribution in [0.2, 0.25) is 0 Å². The summed E-state index contributed by atoms with van der Waals surface area (Å²) in [6.45, 7) is 9.01. The van der Waals surface area contributed by atoms with Crippen LogP contribution in [-0.2, 0) is 0 Å². The van der Waals surface area contributed by atoms with Gasteiger partial charge in [0.05, 0.1) is 0 Å². The van der Waals surface area contributed by atoms with Crippen LogP contribution >= 0.6 is 0 Å². The summed E-state index contributed by atoms with van der Waals surface area (Å²) in [5, 5.41) is 3.14. The van der Waals surface area contributed by atoms with E-state index in [1.54, 1.807) is 6.07 Å². The van der Waals surface area contributed by atoms with Gasteiger partial charge in [-0.05, 0) is 37.3 Å². The van der Waals surface area contributed by atoms with Crippen LogP contribution < -0.4 is 5.32 Å². The Labute approximate surface area is 115 Å². The van der Waals surface area contributed by atoms with Crippen molar-refractivity contribution >= 4 is 11.7 Å². The summed E-state index contributed by atoms with van der Waals surface area (Å²) in [7, 11) is 0. The van der Waals surface area contributed by atoms with E-state index < -0.39 is 0 Å². The molecule has 1 N–H and O–H groups in total. The smallest absolute Gasteiger partial charge is 0.272 e. The average molecular weight is 261 g/mol. The lowest BCUT2D eigenvalue weighted by molar-refractivity contribution is 0.0624. The third kappa shape index (κ3) is 3.46. The minimum absolute atomic E-state index is 0.0512. The highest BCUT2D eigenvalue weighted by molar-refractivity contribution is 5.92. The van der Waals surface area contributed by atoms with Gasteiger partial charge >= 0.3 is 0 Å². The molecule has 104 valence electrons. The van der Waals surface area contributed by atoms with E-state index in [2.05, 4.69) is 24.1 Å². The topological polar surface area (TPSA) is 45.2 Å². The van der Waals surface area contributed by atoms with Gasteiger partial charge in [0.2, 0.25) is 0 Å². The fourth-order valence-corrected chi connectivity index (χ4v) is 2.31. The Kier molecular flexibility index (Phi) is 4.08. The number of carbonyl (C=O) groups excluding carboxylic acids is 1.